The maximum absolute atomic E-state index is 11.3. The lowest BCUT2D eigenvalue weighted by Crippen LogP contribution is -2.16. The predicted molar refractivity (Wildman–Crippen MR) is 84.1 cm³/mol. The summed E-state index contributed by atoms with van der Waals surface area (Å²) in [6.45, 7) is 6.18. The fraction of sp³-hybridized carbons (Fsp3) is 0.357. The van der Waals surface area contributed by atoms with E-state index >= 15 is 0 Å². The third kappa shape index (κ3) is 5.25. The van der Waals surface area contributed by atoms with E-state index in [0.717, 1.165) is 6.26 Å². The summed E-state index contributed by atoms with van der Waals surface area (Å²) in [5.41, 5.74) is 3.80. The fourth-order valence-corrected chi connectivity index (χ4v) is 2.44. The second-order valence-electron chi connectivity index (χ2n) is 5.47. The van der Waals surface area contributed by atoms with Crippen molar-refractivity contribution in [3.05, 3.63) is 23.3 Å². The Morgan fingerprint density at radius 2 is 1.86 bits per heavy atom. The van der Waals surface area contributed by atoms with E-state index in [-0.39, 0.29) is 11.5 Å². The molecule has 0 amide bonds. The van der Waals surface area contributed by atoms with E-state index in [0.29, 0.717) is 17.4 Å². The van der Waals surface area contributed by atoms with Gasteiger partial charge in [0.2, 0.25) is 0 Å². The molecule has 21 heavy (non-hydrogen) atoms. The molecule has 0 aliphatic heterocycles. The molecule has 0 atom stereocenters. The normalized spacial score (nSPS) is 11.3. The minimum atomic E-state index is -3.70. The van der Waals surface area contributed by atoms with E-state index in [9.17, 15) is 13.2 Å². The molecule has 0 fully saturated rings. The zero-order valence-electron chi connectivity index (χ0n) is 12.7. The van der Waals surface area contributed by atoms with Gasteiger partial charge in [-0.15, -0.1) is 5.54 Å². The summed E-state index contributed by atoms with van der Waals surface area (Å²) in [7, 11) is -3.99. The molecular formula is C14H18O5SSi. The topological polar surface area (TPSA) is 69.7 Å². The second kappa shape index (κ2) is 6.33. The van der Waals surface area contributed by atoms with Gasteiger partial charge in [0.15, 0.2) is 17.8 Å². The number of hydrogen-bond acceptors (Lipinski definition) is 5. The molecule has 1 rings (SSSR count). The molecule has 0 aliphatic rings. The maximum Gasteiger partial charge on any atom is 0.306 e. The first kappa shape index (κ1) is 17.3. The van der Waals surface area contributed by atoms with Gasteiger partial charge < -0.3 is 8.92 Å². The highest BCUT2D eigenvalue weighted by molar-refractivity contribution is 7.86. The van der Waals surface area contributed by atoms with Gasteiger partial charge in [-0.1, -0.05) is 25.6 Å². The van der Waals surface area contributed by atoms with Crippen LogP contribution in [0.4, 0.5) is 0 Å². The molecule has 0 heterocycles. The first-order chi connectivity index (χ1) is 9.57. The third-order valence-corrected chi connectivity index (χ3v) is 3.65. The summed E-state index contributed by atoms with van der Waals surface area (Å²) in [5, 5.41) is 0. The highest BCUT2D eigenvalue weighted by atomic mass is 32.2. The number of benzene rings is 1. The lowest BCUT2D eigenvalue weighted by atomic mass is 10.1. The molecule has 0 radical (unpaired) electrons. The summed E-state index contributed by atoms with van der Waals surface area (Å²) in [6.07, 6.45) is 1.59. The van der Waals surface area contributed by atoms with Crippen molar-refractivity contribution < 1.29 is 22.1 Å². The van der Waals surface area contributed by atoms with Gasteiger partial charge in [-0.3, -0.25) is 4.79 Å². The van der Waals surface area contributed by atoms with E-state index < -0.39 is 18.2 Å². The number of carbonyl (C=O) groups excluding carboxylic acids is 1. The summed E-state index contributed by atoms with van der Waals surface area (Å²) >= 11 is 0. The molecule has 0 aliphatic carbocycles. The molecule has 0 bridgehead atoms. The lowest BCUT2D eigenvalue weighted by Gasteiger charge is -2.12. The number of hydrogen-bond donors (Lipinski definition) is 0. The summed E-state index contributed by atoms with van der Waals surface area (Å²) in [4.78, 5) is 11.1. The minimum absolute atomic E-state index is 0.0190. The minimum Gasteiger partial charge on any atom is -0.492 e. The molecule has 0 unspecified atom stereocenters. The zero-order chi connectivity index (χ0) is 16.3. The Labute approximate surface area is 126 Å². The van der Waals surface area contributed by atoms with Crippen LogP contribution in [0.15, 0.2) is 12.1 Å². The third-order valence-electron chi connectivity index (χ3n) is 2.29. The largest absolute Gasteiger partial charge is 0.492 e. The molecule has 0 spiro atoms. The van der Waals surface area contributed by atoms with Crippen molar-refractivity contribution in [3.63, 3.8) is 0 Å². The quantitative estimate of drug-likeness (QED) is 0.367. The average molecular weight is 326 g/mol. The van der Waals surface area contributed by atoms with Crippen LogP contribution in [0.25, 0.3) is 0 Å². The van der Waals surface area contributed by atoms with Crippen molar-refractivity contribution in [2.45, 2.75) is 19.6 Å². The first-order valence-electron chi connectivity index (χ1n) is 6.16. The van der Waals surface area contributed by atoms with Gasteiger partial charge >= 0.3 is 10.1 Å². The Bertz CT molecular complexity index is 705. The second-order valence-corrected chi connectivity index (χ2v) is 11.8. The number of methoxy groups -OCH3 is 1. The molecule has 1 aromatic rings. The Kier molecular flexibility index (Phi) is 5.20. The number of rotatable bonds is 4. The van der Waals surface area contributed by atoms with Crippen molar-refractivity contribution in [1.29, 1.82) is 0 Å². The molecule has 0 N–H and O–H groups in total. The van der Waals surface area contributed by atoms with Gasteiger partial charge in [0.25, 0.3) is 0 Å². The van der Waals surface area contributed by atoms with Crippen LogP contribution in [0.2, 0.25) is 19.6 Å². The monoisotopic (exact) mass is 326 g/mol. The highest BCUT2D eigenvalue weighted by Gasteiger charge is 2.18. The molecule has 114 valence electrons. The van der Waals surface area contributed by atoms with Crippen LogP contribution < -0.4 is 8.92 Å². The van der Waals surface area contributed by atoms with Crippen LogP contribution in [0.3, 0.4) is 0 Å². The van der Waals surface area contributed by atoms with Crippen LogP contribution in [-0.4, -0.2) is 36.1 Å². The van der Waals surface area contributed by atoms with Gasteiger partial charge in [-0.25, -0.2) is 0 Å². The van der Waals surface area contributed by atoms with Crippen molar-refractivity contribution in [2.24, 2.45) is 0 Å². The Hall–Kier alpha value is -1.78. The summed E-state index contributed by atoms with van der Waals surface area (Å²) in [5.74, 6) is 3.10. The van der Waals surface area contributed by atoms with Crippen LogP contribution in [0.5, 0.6) is 11.5 Å². The maximum atomic E-state index is 11.3. The van der Waals surface area contributed by atoms with Crippen molar-refractivity contribution in [1.82, 2.24) is 0 Å². The first-order valence-corrected chi connectivity index (χ1v) is 11.5. The number of aldehydes is 1. The van der Waals surface area contributed by atoms with Crippen LogP contribution >= 0.6 is 0 Å². The Morgan fingerprint density at radius 1 is 1.24 bits per heavy atom. The van der Waals surface area contributed by atoms with E-state index in [2.05, 4.69) is 31.1 Å². The average Bonchev–Trinajstić information content (AvgIpc) is 2.33. The van der Waals surface area contributed by atoms with E-state index in [4.69, 9.17) is 8.92 Å². The Morgan fingerprint density at radius 3 is 2.29 bits per heavy atom. The molecule has 0 saturated heterocycles. The van der Waals surface area contributed by atoms with Gasteiger partial charge in [0, 0.05) is 5.56 Å². The Balaban J connectivity index is 3.53. The summed E-state index contributed by atoms with van der Waals surface area (Å²) < 4.78 is 32.6. The van der Waals surface area contributed by atoms with Crippen molar-refractivity contribution in [3.8, 4) is 23.0 Å². The zero-order valence-corrected chi connectivity index (χ0v) is 14.5. The van der Waals surface area contributed by atoms with E-state index in [1.54, 1.807) is 0 Å². The smallest absolute Gasteiger partial charge is 0.306 e. The van der Waals surface area contributed by atoms with Crippen LogP contribution in [0, 0.1) is 11.5 Å². The number of ether oxygens (including phenoxy) is 1. The van der Waals surface area contributed by atoms with Gasteiger partial charge in [-0.05, 0) is 12.1 Å². The number of carbonyl (C=O) groups is 1. The van der Waals surface area contributed by atoms with Gasteiger partial charge in [-0.2, -0.15) is 8.42 Å². The molecule has 0 saturated carbocycles. The van der Waals surface area contributed by atoms with Crippen LogP contribution in [0.1, 0.15) is 15.9 Å². The van der Waals surface area contributed by atoms with Crippen molar-refractivity contribution >= 4 is 24.5 Å². The van der Waals surface area contributed by atoms with E-state index in [1.807, 2.05) is 0 Å². The molecular weight excluding hydrogens is 308 g/mol. The molecule has 7 heteroatoms. The highest BCUT2D eigenvalue weighted by Crippen LogP contribution is 2.33. The van der Waals surface area contributed by atoms with Gasteiger partial charge in [0.1, 0.15) is 8.07 Å². The predicted octanol–water partition coefficient (Wildman–Crippen LogP) is 2.08. The molecule has 5 nitrogen and oxygen atoms in total. The van der Waals surface area contributed by atoms with Crippen LogP contribution in [-0.2, 0) is 10.1 Å². The van der Waals surface area contributed by atoms with E-state index in [1.165, 1.54) is 19.2 Å². The fourth-order valence-electron chi connectivity index (χ4n) is 1.49. The molecule has 0 aromatic heterocycles. The van der Waals surface area contributed by atoms with Crippen molar-refractivity contribution in [2.75, 3.05) is 13.4 Å². The lowest BCUT2D eigenvalue weighted by molar-refractivity contribution is 0.112. The standard InChI is InChI=1S/C14H18O5SSi/c1-18-14-12(8-9-21(3,4)5)11(10-15)6-7-13(14)19-20(2,16)17/h6-7,10H,1-5H3. The molecule has 1 aromatic carbocycles. The SMILES string of the molecule is COc1c(OS(C)(=O)=O)ccc(C=O)c1C#C[Si](C)(C)C. The summed E-state index contributed by atoms with van der Waals surface area (Å²) in [6, 6.07) is 2.84. The van der Waals surface area contributed by atoms with Gasteiger partial charge in [0.05, 0.1) is 18.9 Å².